The topological polar surface area (TPSA) is 65.9 Å². The molecule has 0 amide bonds. The van der Waals surface area contributed by atoms with Crippen molar-refractivity contribution in [3.63, 3.8) is 0 Å². The molecule has 0 aliphatic carbocycles. The number of rotatable bonds is 5. The van der Waals surface area contributed by atoms with Gasteiger partial charge in [-0.2, -0.15) is 0 Å². The molecule has 0 saturated carbocycles. The van der Waals surface area contributed by atoms with Crippen LogP contribution in [0.4, 0.5) is 0 Å². The molecule has 0 atom stereocenters. The highest BCUT2D eigenvalue weighted by Crippen LogP contribution is 2.23. The average molecular weight is 265 g/mol. The molecule has 3 N–H and O–H groups in total. The van der Waals surface area contributed by atoms with Crippen molar-refractivity contribution in [2.75, 3.05) is 13.7 Å². The third-order valence-electron chi connectivity index (χ3n) is 2.46. The Bertz CT molecular complexity index is 431. The van der Waals surface area contributed by atoms with Gasteiger partial charge in [0.1, 0.15) is 11.5 Å². The lowest BCUT2D eigenvalue weighted by atomic mass is 10.2. The second kappa shape index (κ2) is 7.51. The number of phenolic OH excluding ortho intramolecular Hbond substituents is 1. The number of methoxy groups -OCH3 is 1. The highest BCUT2D eigenvalue weighted by atomic mass is 16.5. The molecule has 0 unspecified atom stereocenters. The summed E-state index contributed by atoms with van der Waals surface area (Å²) in [4.78, 5) is 4.44. The average Bonchev–Trinajstić information content (AvgIpc) is 2.37. The first-order chi connectivity index (χ1) is 9.06. The van der Waals surface area contributed by atoms with Crippen molar-refractivity contribution in [2.45, 2.75) is 33.4 Å². The summed E-state index contributed by atoms with van der Waals surface area (Å²) in [5.41, 5.74) is 0.736. The molecule has 19 heavy (non-hydrogen) atoms. The van der Waals surface area contributed by atoms with Gasteiger partial charge in [0.2, 0.25) is 0 Å². The first kappa shape index (κ1) is 15.1. The van der Waals surface area contributed by atoms with Gasteiger partial charge in [-0.1, -0.05) is 0 Å². The Morgan fingerprint density at radius 3 is 2.74 bits per heavy atom. The number of aliphatic imine (C=N–C) groups is 1. The number of hydrogen-bond acceptors (Lipinski definition) is 3. The lowest BCUT2D eigenvalue weighted by Gasteiger charge is -2.14. The third kappa shape index (κ3) is 5.07. The minimum absolute atomic E-state index is 0.227. The molecule has 0 heterocycles. The summed E-state index contributed by atoms with van der Waals surface area (Å²) in [5.74, 6) is 1.68. The van der Waals surface area contributed by atoms with Crippen molar-refractivity contribution in [2.24, 2.45) is 4.99 Å². The van der Waals surface area contributed by atoms with E-state index in [4.69, 9.17) is 4.74 Å². The van der Waals surface area contributed by atoms with Crippen LogP contribution in [0.1, 0.15) is 26.3 Å². The van der Waals surface area contributed by atoms with E-state index in [9.17, 15) is 5.11 Å². The highest BCUT2D eigenvalue weighted by molar-refractivity contribution is 5.80. The van der Waals surface area contributed by atoms with Crippen molar-refractivity contribution in [1.82, 2.24) is 10.6 Å². The summed E-state index contributed by atoms with van der Waals surface area (Å²) in [6.07, 6.45) is 0. The van der Waals surface area contributed by atoms with Crippen molar-refractivity contribution in [3.05, 3.63) is 23.8 Å². The Morgan fingerprint density at radius 2 is 2.16 bits per heavy atom. The van der Waals surface area contributed by atoms with E-state index in [1.54, 1.807) is 25.3 Å². The van der Waals surface area contributed by atoms with E-state index < -0.39 is 0 Å². The predicted octanol–water partition coefficient (Wildman–Crippen LogP) is 1.86. The largest absolute Gasteiger partial charge is 0.508 e. The molecule has 0 aliphatic heterocycles. The Kier molecular flexibility index (Phi) is 5.99. The van der Waals surface area contributed by atoms with E-state index in [0.717, 1.165) is 18.1 Å². The molecule has 0 radical (unpaired) electrons. The van der Waals surface area contributed by atoms with Crippen molar-refractivity contribution >= 4 is 5.96 Å². The fourth-order valence-corrected chi connectivity index (χ4v) is 1.57. The molecule has 106 valence electrons. The second-order valence-corrected chi connectivity index (χ2v) is 4.49. The number of benzene rings is 1. The predicted molar refractivity (Wildman–Crippen MR) is 77.7 cm³/mol. The zero-order chi connectivity index (χ0) is 14.3. The van der Waals surface area contributed by atoms with Crippen LogP contribution in [0.2, 0.25) is 0 Å². The summed E-state index contributed by atoms with van der Waals surface area (Å²) in [6, 6.07) is 5.43. The molecule has 1 aromatic carbocycles. The van der Waals surface area contributed by atoms with Crippen molar-refractivity contribution in [3.8, 4) is 11.5 Å². The Hall–Kier alpha value is -1.91. The molecule has 0 aromatic heterocycles. The van der Waals surface area contributed by atoms with E-state index >= 15 is 0 Å². The van der Waals surface area contributed by atoms with E-state index in [-0.39, 0.29) is 5.75 Å². The maximum absolute atomic E-state index is 9.79. The first-order valence-electron chi connectivity index (χ1n) is 6.47. The molecular formula is C14H23N3O2. The number of guanidine groups is 1. The third-order valence-corrected chi connectivity index (χ3v) is 2.46. The van der Waals surface area contributed by atoms with Gasteiger partial charge in [0.05, 0.1) is 13.7 Å². The SMILES string of the molecule is CCNC(=NCc1cc(OC)ccc1O)NC(C)C. The molecule has 5 heteroatoms. The zero-order valence-electron chi connectivity index (χ0n) is 12.0. The van der Waals surface area contributed by atoms with Gasteiger partial charge in [0.25, 0.3) is 0 Å². The quantitative estimate of drug-likeness (QED) is 0.561. The van der Waals surface area contributed by atoms with Gasteiger partial charge in [0, 0.05) is 18.2 Å². The Morgan fingerprint density at radius 1 is 1.42 bits per heavy atom. The molecule has 0 bridgehead atoms. The van der Waals surface area contributed by atoms with Gasteiger partial charge < -0.3 is 20.5 Å². The van der Waals surface area contributed by atoms with Crippen LogP contribution < -0.4 is 15.4 Å². The van der Waals surface area contributed by atoms with Crippen LogP contribution >= 0.6 is 0 Å². The first-order valence-corrected chi connectivity index (χ1v) is 6.47. The van der Waals surface area contributed by atoms with Gasteiger partial charge in [-0.05, 0) is 39.0 Å². The molecule has 0 spiro atoms. The molecule has 0 aliphatic rings. The molecule has 5 nitrogen and oxygen atoms in total. The number of nitrogens with zero attached hydrogens (tertiary/aromatic N) is 1. The number of phenols is 1. The van der Waals surface area contributed by atoms with E-state index in [0.29, 0.717) is 18.3 Å². The fourth-order valence-electron chi connectivity index (χ4n) is 1.57. The maximum atomic E-state index is 9.79. The van der Waals surface area contributed by atoms with Crippen LogP contribution in [-0.4, -0.2) is 30.8 Å². The monoisotopic (exact) mass is 265 g/mol. The minimum Gasteiger partial charge on any atom is -0.508 e. The van der Waals surface area contributed by atoms with Crippen LogP contribution in [0.3, 0.4) is 0 Å². The van der Waals surface area contributed by atoms with Crippen LogP contribution in [0, 0.1) is 0 Å². The van der Waals surface area contributed by atoms with Gasteiger partial charge in [-0.3, -0.25) is 0 Å². The van der Waals surface area contributed by atoms with Crippen molar-refractivity contribution < 1.29 is 9.84 Å². The van der Waals surface area contributed by atoms with Crippen LogP contribution in [0.5, 0.6) is 11.5 Å². The number of aromatic hydroxyl groups is 1. The normalized spacial score (nSPS) is 11.5. The Labute approximate surface area is 114 Å². The van der Waals surface area contributed by atoms with Crippen LogP contribution in [0.25, 0.3) is 0 Å². The number of ether oxygens (including phenoxy) is 1. The summed E-state index contributed by atoms with van der Waals surface area (Å²) < 4.78 is 5.14. The number of nitrogens with one attached hydrogen (secondary N) is 2. The van der Waals surface area contributed by atoms with Gasteiger partial charge in [0.15, 0.2) is 5.96 Å². The fraction of sp³-hybridized carbons (Fsp3) is 0.500. The van der Waals surface area contributed by atoms with Gasteiger partial charge in [-0.15, -0.1) is 0 Å². The van der Waals surface area contributed by atoms with Crippen molar-refractivity contribution in [1.29, 1.82) is 0 Å². The van der Waals surface area contributed by atoms with Gasteiger partial charge in [-0.25, -0.2) is 4.99 Å². The highest BCUT2D eigenvalue weighted by Gasteiger charge is 2.04. The van der Waals surface area contributed by atoms with Crippen LogP contribution in [-0.2, 0) is 6.54 Å². The summed E-state index contributed by atoms with van der Waals surface area (Å²) in [6.45, 7) is 7.31. The molecule has 0 saturated heterocycles. The minimum atomic E-state index is 0.227. The van der Waals surface area contributed by atoms with E-state index in [1.165, 1.54) is 0 Å². The second-order valence-electron chi connectivity index (χ2n) is 4.49. The standard InChI is InChI=1S/C14H23N3O2/c1-5-15-14(17-10(2)3)16-9-11-8-12(19-4)6-7-13(11)18/h6-8,10,18H,5,9H2,1-4H3,(H2,15,16,17). The molecular weight excluding hydrogens is 242 g/mol. The molecule has 0 fully saturated rings. The van der Waals surface area contributed by atoms with Gasteiger partial charge >= 0.3 is 0 Å². The summed E-state index contributed by atoms with van der Waals surface area (Å²) in [5, 5.41) is 16.2. The van der Waals surface area contributed by atoms with E-state index in [1.807, 2.05) is 6.92 Å². The lowest BCUT2D eigenvalue weighted by Crippen LogP contribution is -2.40. The van der Waals surface area contributed by atoms with E-state index in [2.05, 4.69) is 29.5 Å². The maximum Gasteiger partial charge on any atom is 0.191 e. The smallest absolute Gasteiger partial charge is 0.191 e. The molecule has 1 aromatic rings. The van der Waals surface area contributed by atoms with Crippen LogP contribution in [0.15, 0.2) is 23.2 Å². The summed E-state index contributed by atoms with van der Waals surface area (Å²) >= 11 is 0. The Balaban J connectivity index is 2.81. The summed E-state index contributed by atoms with van der Waals surface area (Å²) in [7, 11) is 1.60. The molecule has 1 rings (SSSR count). The lowest BCUT2D eigenvalue weighted by molar-refractivity contribution is 0.411. The zero-order valence-corrected chi connectivity index (χ0v) is 12.0. The number of hydrogen-bond donors (Lipinski definition) is 3.